The van der Waals surface area contributed by atoms with Gasteiger partial charge in [0.2, 0.25) is 21.8 Å². The Kier molecular flexibility index (Phi) is 6.64. The Morgan fingerprint density at radius 2 is 1.87 bits per heavy atom. The van der Waals surface area contributed by atoms with Crippen LogP contribution in [0.25, 0.3) is 0 Å². The molecule has 3 rings (SSSR count). The number of amides is 1. The molecule has 1 amide bonds. The average molecular weight is 437 g/mol. The average Bonchev–Trinajstić information content (AvgIpc) is 3.37. The summed E-state index contributed by atoms with van der Waals surface area (Å²) in [6.45, 7) is 7.58. The highest BCUT2D eigenvalue weighted by atomic mass is 32.2. The Bertz CT molecular complexity index is 965. The maximum atomic E-state index is 12.4. The van der Waals surface area contributed by atoms with Crippen molar-refractivity contribution in [3.63, 3.8) is 0 Å². The number of anilines is 1. The molecule has 1 atom stereocenters. The van der Waals surface area contributed by atoms with Crippen LogP contribution in [0.1, 0.15) is 64.2 Å². The van der Waals surface area contributed by atoms with Crippen molar-refractivity contribution >= 4 is 21.6 Å². The van der Waals surface area contributed by atoms with Crippen molar-refractivity contribution in [1.82, 2.24) is 15.5 Å². The third-order valence-corrected chi connectivity index (χ3v) is 5.66. The lowest BCUT2D eigenvalue weighted by atomic mass is 10.0. The predicted molar refractivity (Wildman–Crippen MR) is 112 cm³/mol. The van der Waals surface area contributed by atoms with Crippen LogP contribution in [0.5, 0.6) is 5.75 Å². The van der Waals surface area contributed by atoms with Crippen molar-refractivity contribution in [3.8, 4) is 5.75 Å². The van der Waals surface area contributed by atoms with E-state index in [4.69, 9.17) is 9.26 Å². The summed E-state index contributed by atoms with van der Waals surface area (Å²) in [7, 11) is -3.89. The zero-order valence-corrected chi connectivity index (χ0v) is 18.4. The summed E-state index contributed by atoms with van der Waals surface area (Å²) < 4.78 is 38.1. The normalized spacial score (nSPS) is 15.3. The number of nitrogens with zero attached hydrogens (tertiary/aromatic N) is 2. The minimum atomic E-state index is -3.89. The number of benzene rings is 1. The molecular formula is C20H28N4O5S. The minimum absolute atomic E-state index is 0.0179. The number of hydrogen-bond acceptors (Lipinski definition) is 7. The van der Waals surface area contributed by atoms with Gasteiger partial charge in [-0.2, -0.15) is 4.98 Å². The third kappa shape index (κ3) is 6.19. The smallest absolute Gasteiger partial charge is 0.249 e. The molecule has 164 valence electrons. The summed E-state index contributed by atoms with van der Waals surface area (Å²) in [6.07, 6.45) is 2.09. The first-order valence-corrected chi connectivity index (χ1v) is 11.7. The maximum absolute atomic E-state index is 12.4. The van der Waals surface area contributed by atoms with Gasteiger partial charge in [-0.25, -0.2) is 8.42 Å². The van der Waals surface area contributed by atoms with Crippen molar-refractivity contribution in [2.24, 2.45) is 5.92 Å². The van der Waals surface area contributed by atoms with Gasteiger partial charge < -0.3 is 14.6 Å². The number of rotatable bonds is 10. The molecule has 1 unspecified atom stereocenters. The van der Waals surface area contributed by atoms with Crippen LogP contribution < -0.4 is 14.8 Å². The molecule has 1 aromatic heterocycles. The Balaban J connectivity index is 1.59. The maximum Gasteiger partial charge on any atom is 0.249 e. The van der Waals surface area contributed by atoms with E-state index in [1.54, 1.807) is 24.3 Å². The van der Waals surface area contributed by atoms with E-state index in [9.17, 15) is 13.2 Å². The fraction of sp³-hybridized carbons (Fsp3) is 0.550. The lowest BCUT2D eigenvalue weighted by Crippen LogP contribution is -2.37. The van der Waals surface area contributed by atoms with Gasteiger partial charge in [0.15, 0.2) is 5.82 Å². The summed E-state index contributed by atoms with van der Waals surface area (Å²) in [4.78, 5) is 16.8. The van der Waals surface area contributed by atoms with Gasteiger partial charge in [-0.05, 0) is 56.9 Å². The number of sulfonamides is 1. The summed E-state index contributed by atoms with van der Waals surface area (Å²) in [5, 5.41) is 6.67. The Morgan fingerprint density at radius 3 is 2.43 bits per heavy atom. The number of nitrogens with one attached hydrogen (secondary N) is 2. The Morgan fingerprint density at radius 1 is 1.20 bits per heavy atom. The zero-order valence-electron chi connectivity index (χ0n) is 17.6. The molecular weight excluding hydrogens is 408 g/mol. The highest BCUT2D eigenvalue weighted by molar-refractivity contribution is 7.93. The molecule has 1 aromatic carbocycles. The molecule has 0 aliphatic heterocycles. The molecule has 2 aromatic rings. The van der Waals surface area contributed by atoms with Gasteiger partial charge in [0.05, 0.1) is 6.10 Å². The van der Waals surface area contributed by atoms with Crippen LogP contribution in [0.3, 0.4) is 0 Å². The van der Waals surface area contributed by atoms with E-state index < -0.39 is 27.7 Å². The molecule has 0 spiro atoms. The monoisotopic (exact) mass is 436 g/mol. The summed E-state index contributed by atoms with van der Waals surface area (Å²) in [5.74, 6) is 0.487. The molecule has 10 heteroatoms. The Hall–Kier alpha value is -2.62. The molecule has 0 radical (unpaired) electrons. The van der Waals surface area contributed by atoms with Gasteiger partial charge in [-0.15, -0.1) is 0 Å². The van der Waals surface area contributed by atoms with Gasteiger partial charge in [-0.1, -0.05) is 19.0 Å². The number of aromatic nitrogens is 2. The van der Waals surface area contributed by atoms with Crippen molar-refractivity contribution < 1.29 is 22.5 Å². The molecule has 9 nitrogen and oxygen atoms in total. The van der Waals surface area contributed by atoms with Gasteiger partial charge >= 0.3 is 0 Å². The van der Waals surface area contributed by atoms with Crippen molar-refractivity contribution in [3.05, 3.63) is 36.0 Å². The summed E-state index contributed by atoms with van der Waals surface area (Å²) in [6, 6.07) is 5.95. The fourth-order valence-corrected chi connectivity index (χ4v) is 3.87. The predicted octanol–water partition coefficient (Wildman–Crippen LogP) is 2.99. The third-order valence-electron chi connectivity index (χ3n) is 4.47. The van der Waals surface area contributed by atoms with E-state index in [0.717, 1.165) is 12.8 Å². The van der Waals surface area contributed by atoms with Crippen LogP contribution in [-0.4, -0.2) is 36.3 Å². The van der Waals surface area contributed by atoms with E-state index >= 15 is 0 Å². The molecule has 0 saturated heterocycles. The fourth-order valence-electron chi connectivity index (χ4n) is 2.87. The first-order chi connectivity index (χ1) is 14.1. The molecule has 1 fully saturated rings. The number of ether oxygens (including phenoxy) is 1. The quantitative estimate of drug-likeness (QED) is 0.587. The topological polar surface area (TPSA) is 123 Å². The second-order valence-electron chi connectivity index (χ2n) is 8.11. The molecule has 1 aliphatic carbocycles. The minimum Gasteiger partial charge on any atom is -0.491 e. The summed E-state index contributed by atoms with van der Waals surface area (Å²) >= 11 is 0. The van der Waals surface area contributed by atoms with Crippen LogP contribution in [0.4, 0.5) is 5.69 Å². The van der Waals surface area contributed by atoms with Crippen LogP contribution in [0.15, 0.2) is 28.8 Å². The van der Waals surface area contributed by atoms with Gasteiger partial charge in [0.1, 0.15) is 17.5 Å². The molecule has 1 saturated carbocycles. The van der Waals surface area contributed by atoms with Gasteiger partial charge in [-0.3, -0.25) is 9.52 Å². The van der Waals surface area contributed by atoms with E-state index in [1.807, 2.05) is 27.7 Å². The second-order valence-corrected chi connectivity index (χ2v) is 9.83. The van der Waals surface area contributed by atoms with Crippen molar-refractivity contribution in [1.29, 1.82) is 0 Å². The number of carbonyl (C=O) groups is 1. The first kappa shape index (κ1) is 22.1. The lowest BCUT2D eigenvalue weighted by Gasteiger charge is -2.18. The zero-order chi connectivity index (χ0) is 21.9. The molecule has 0 bridgehead atoms. The van der Waals surface area contributed by atoms with E-state index in [1.165, 1.54) is 0 Å². The largest absolute Gasteiger partial charge is 0.491 e. The van der Waals surface area contributed by atoms with E-state index in [2.05, 4.69) is 20.2 Å². The second kappa shape index (κ2) is 9.03. The van der Waals surface area contributed by atoms with Crippen molar-refractivity contribution in [2.75, 3.05) is 10.5 Å². The molecule has 1 aliphatic rings. The van der Waals surface area contributed by atoms with Crippen LogP contribution in [-0.2, 0) is 14.8 Å². The molecule has 30 heavy (non-hydrogen) atoms. The van der Waals surface area contributed by atoms with E-state index in [0.29, 0.717) is 29.1 Å². The first-order valence-electron chi connectivity index (χ1n) is 10.0. The SMILES string of the molecule is CC(C)Oc1ccc(NS(=O)(=O)CC(=O)NC(c2nc(C3CC3)no2)C(C)C)cc1. The molecule has 2 N–H and O–H groups in total. The molecule has 1 heterocycles. The van der Waals surface area contributed by atoms with Crippen LogP contribution in [0.2, 0.25) is 0 Å². The van der Waals surface area contributed by atoms with E-state index in [-0.39, 0.29) is 12.0 Å². The highest BCUT2D eigenvalue weighted by Gasteiger charge is 2.32. The lowest BCUT2D eigenvalue weighted by molar-refractivity contribution is -0.119. The number of hydrogen-bond donors (Lipinski definition) is 2. The number of carbonyl (C=O) groups excluding carboxylic acids is 1. The van der Waals surface area contributed by atoms with Crippen LogP contribution >= 0.6 is 0 Å². The Labute approximate surface area is 176 Å². The summed E-state index contributed by atoms with van der Waals surface area (Å²) in [5.41, 5.74) is 0.352. The van der Waals surface area contributed by atoms with Crippen LogP contribution in [0, 0.1) is 5.92 Å². The van der Waals surface area contributed by atoms with Gasteiger partial charge in [0.25, 0.3) is 0 Å². The van der Waals surface area contributed by atoms with Crippen molar-refractivity contribution in [2.45, 2.75) is 58.6 Å². The highest BCUT2D eigenvalue weighted by Crippen LogP contribution is 2.38. The van der Waals surface area contributed by atoms with Gasteiger partial charge in [0, 0.05) is 11.6 Å². The standard InChI is InChI=1S/C20H28N4O5S/c1-12(2)18(20-22-19(23-29-20)14-5-6-14)21-17(25)11-30(26,27)24-15-7-9-16(10-8-15)28-13(3)4/h7-10,12-14,18,24H,5-6,11H2,1-4H3,(H,21,25).